The first kappa shape index (κ1) is 14.5. The van der Waals surface area contributed by atoms with Crippen LogP contribution in [-0.4, -0.2) is 20.0 Å². The van der Waals surface area contributed by atoms with Gasteiger partial charge in [0.15, 0.2) is 0 Å². The molecule has 0 aliphatic heterocycles. The Morgan fingerprint density at radius 1 is 1.23 bits per heavy atom. The molecule has 1 unspecified atom stereocenters. The second-order valence-corrected chi connectivity index (χ2v) is 5.30. The Bertz CT molecular complexity index is 746. The normalized spacial score (nSPS) is 12.5. The number of aromatic nitrogens is 3. The van der Waals surface area contributed by atoms with E-state index in [2.05, 4.69) is 17.2 Å². The lowest BCUT2D eigenvalue weighted by molar-refractivity contribution is 0.220. The van der Waals surface area contributed by atoms with Gasteiger partial charge in [-0.3, -0.25) is 4.68 Å². The second-order valence-electron chi connectivity index (χ2n) is 5.30. The molecule has 1 aromatic carbocycles. The van der Waals surface area contributed by atoms with Gasteiger partial charge in [-0.25, -0.2) is 0 Å². The number of hydrogen-bond donors (Lipinski definition) is 1. The largest absolute Gasteiger partial charge is 0.384 e. The van der Waals surface area contributed by atoms with Crippen LogP contribution < -0.4 is 0 Å². The molecule has 0 aliphatic rings. The molecule has 0 spiro atoms. The average Bonchev–Trinajstić information content (AvgIpc) is 3.16. The minimum atomic E-state index is -0.663. The van der Waals surface area contributed by atoms with Crippen molar-refractivity contribution in [3.8, 4) is 0 Å². The van der Waals surface area contributed by atoms with E-state index in [1.54, 1.807) is 10.9 Å². The van der Waals surface area contributed by atoms with Crippen LogP contribution in [0.3, 0.4) is 0 Å². The lowest BCUT2D eigenvalue weighted by Gasteiger charge is -2.08. The molecule has 3 aromatic rings. The first-order chi connectivity index (χ1) is 10.7. The Hall–Kier alpha value is -2.40. The van der Waals surface area contributed by atoms with Gasteiger partial charge < -0.3 is 9.63 Å². The van der Waals surface area contributed by atoms with Gasteiger partial charge in [-0.05, 0) is 18.9 Å². The van der Waals surface area contributed by atoms with Gasteiger partial charge in [0.05, 0.1) is 18.4 Å². The number of nitrogens with zero attached hydrogens (tertiary/aromatic N) is 3. The summed E-state index contributed by atoms with van der Waals surface area (Å²) in [6, 6.07) is 9.57. The molecule has 0 bridgehead atoms. The van der Waals surface area contributed by atoms with Crippen molar-refractivity contribution >= 4 is 0 Å². The van der Waals surface area contributed by atoms with Crippen LogP contribution in [0.1, 0.15) is 41.2 Å². The predicted octanol–water partition coefficient (Wildman–Crippen LogP) is 2.87. The van der Waals surface area contributed by atoms with Gasteiger partial charge in [0.1, 0.15) is 11.9 Å². The summed E-state index contributed by atoms with van der Waals surface area (Å²) in [5.74, 6) is 0.817. The van der Waals surface area contributed by atoms with E-state index < -0.39 is 6.10 Å². The molecule has 114 valence electrons. The maximum atomic E-state index is 10.4. The third-order valence-corrected chi connectivity index (χ3v) is 3.81. The standard InChI is InChI=1S/C17H19N3O2/c1-3-16-15(12(2)22-19-16)11-20-10-14(9-18-20)17(21)13-7-5-4-6-8-13/h4-10,17,21H,3,11H2,1-2H3. The summed E-state index contributed by atoms with van der Waals surface area (Å²) in [4.78, 5) is 0. The maximum Gasteiger partial charge on any atom is 0.138 e. The molecule has 5 heteroatoms. The van der Waals surface area contributed by atoms with Gasteiger partial charge in [0.2, 0.25) is 0 Å². The SMILES string of the molecule is CCc1noc(C)c1Cn1cc(C(O)c2ccccc2)cn1. The van der Waals surface area contributed by atoms with Crippen LogP contribution in [0.15, 0.2) is 47.2 Å². The molecule has 1 atom stereocenters. The molecule has 2 aromatic heterocycles. The number of rotatable bonds is 5. The molecule has 0 radical (unpaired) electrons. The molecular weight excluding hydrogens is 278 g/mol. The number of aryl methyl sites for hydroxylation is 2. The topological polar surface area (TPSA) is 64.1 Å². The Balaban J connectivity index is 1.81. The first-order valence-corrected chi connectivity index (χ1v) is 7.38. The van der Waals surface area contributed by atoms with Crippen LogP contribution >= 0.6 is 0 Å². The fraction of sp³-hybridized carbons (Fsp3) is 0.294. The van der Waals surface area contributed by atoms with Gasteiger partial charge in [0, 0.05) is 17.3 Å². The smallest absolute Gasteiger partial charge is 0.138 e. The van der Waals surface area contributed by atoms with Crippen LogP contribution in [0.25, 0.3) is 0 Å². The summed E-state index contributed by atoms with van der Waals surface area (Å²) in [6.45, 7) is 4.55. The minimum absolute atomic E-state index is 0.597. The second kappa shape index (κ2) is 6.15. The van der Waals surface area contributed by atoms with Crippen molar-refractivity contribution in [2.45, 2.75) is 32.9 Å². The zero-order chi connectivity index (χ0) is 15.5. The maximum absolute atomic E-state index is 10.4. The van der Waals surface area contributed by atoms with E-state index in [0.29, 0.717) is 6.54 Å². The van der Waals surface area contributed by atoms with Crippen LogP contribution in [0, 0.1) is 6.92 Å². The number of aliphatic hydroxyl groups is 1. The zero-order valence-corrected chi connectivity index (χ0v) is 12.7. The van der Waals surface area contributed by atoms with Crippen molar-refractivity contribution in [3.63, 3.8) is 0 Å². The summed E-state index contributed by atoms with van der Waals surface area (Å²) in [5, 5.41) is 18.8. The molecular formula is C17H19N3O2. The fourth-order valence-corrected chi connectivity index (χ4v) is 2.51. The molecule has 0 fully saturated rings. The summed E-state index contributed by atoms with van der Waals surface area (Å²) in [6.07, 6.45) is 3.73. The van der Waals surface area contributed by atoms with Gasteiger partial charge >= 0.3 is 0 Å². The van der Waals surface area contributed by atoms with E-state index in [1.165, 1.54) is 0 Å². The van der Waals surface area contributed by atoms with Crippen molar-refractivity contribution in [3.05, 3.63) is 70.9 Å². The van der Waals surface area contributed by atoms with Crippen LogP contribution in [0.2, 0.25) is 0 Å². The number of benzene rings is 1. The molecule has 1 N–H and O–H groups in total. The predicted molar refractivity (Wildman–Crippen MR) is 82.5 cm³/mol. The molecule has 22 heavy (non-hydrogen) atoms. The summed E-state index contributed by atoms with van der Waals surface area (Å²) >= 11 is 0. The van der Waals surface area contributed by atoms with Crippen molar-refractivity contribution in [2.24, 2.45) is 0 Å². The zero-order valence-electron chi connectivity index (χ0n) is 12.7. The van der Waals surface area contributed by atoms with Gasteiger partial charge in [0.25, 0.3) is 0 Å². The summed E-state index contributed by atoms with van der Waals surface area (Å²) in [7, 11) is 0. The quantitative estimate of drug-likeness (QED) is 0.786. The van der Waals surface area contributed by atoms with Crippen molar-refractivity contribution in [2.75, 3.05) is 0 Å². The lowest BCUT2D eigenvalue weighted by atomic mass is 10.1. The molecule has 0 saturated carbocycles. The molecule has 5 nitrogen and oxygen atoms in total. The molecule has 3 rings (SSSR count). The Labute approximate surface area is 129 Å². The van der Waals surface area contributed by atoms with Gasteiger partial charge in [-0.15, -0.1) is 0 Å². The first-order valence-electron chi connectivity index (χ1n) is 7.38. The van der Waals surface area contributed by atoms with E-state index in [-0.39, 0.29) is 0 Å². The monoisotopic (exact) mass is 297 g/mol. The van der Waals surface area contributed by atoms with Crippen LogP contribution in [-0.2, 0) is 13.0 Å². The van der Waals surface area contributed by atoms with E-state index in [4.69, 9.17) is 4.52 Å². The van der Waals surface area contributed by atoms with Gasteiger partial charge in [-0.1, -0.05) is 42.4 Å². The average molecular weight is 297 g/mol. The van der Waals surface area contributed by atoms with Crippen LogP contribution in [0.5, 0.6) is 0 Å². The third kappa shape index (κ3) is 2.80. The van der Waals surface area contributed by atoms with E-state index in [0.717, 1.165) is 34.6 Å². The highest BCUT2D eigenvalue weighted by atomic mass is 16.5. The molecule has 0 amide bonds. The Morgan fingerprint density at radius 3 is 2.73 bits per heavy atom. The summed E-state index contributed by atoms with van der Waals surface area (Å²) in [5.41, 5.74) is 3.65. The highest BCUT2D eigenvalue weighted by Gasteiger charge is 2.15. The molecule has 2 heterocycles. The van der Waals surface area contributed by atoms with E-state index >= 15 is 0 Å². The third-order valence-electron chi connectivity index (χ3n) is 3.81. The van der Waals surface area contributed by atoms with E-state index in [1.807, 2.05) is 43.5 Å². The van der Waals surface area contributed by atoms with Crippen molar-refractivity contribution in [1.29, 1.82) is 0 Å². The highest BCUT2D eigenvalue weighted by molar-refractivity contribution is 5.27. The van der Waals surface area contributed by atoms with Crippen molar-refractivity contribution in [1.82, 2.24) is 14.9 Å². The fourth-order valence-electron chi connectivity index (χ4n) is 2.51. The highest BCUT2D eigenvalue weighted by Crippen LogP contribution is 2.22. The lowest BCUT2D eigenvalue weighted by Crippen LogP contribution is -2.03. The Kier molecular flexibility index (Phi) is 4.06. The molecule has 0 aliphatic carbocycles. The van der Waals surface area contributed by atoms with Crippen molar-refractivity contribution < 1.29 is 9.63 Å². The minimum Gasteiger partial charge on any atom is -0.384 e. The van der Waals surface area contributed by atoms with E-state index in [9.17, 15) is 5.11 Å². The summed E-state index contributed by atoms with van der Waals surface area (Å²) < 4.78 is 7.05. The van der Waals surface area contributed by atoms with Crippen LogP contribution in [0.4, 0.5) is 0 Å². The Morgan fingerprint density at radius 2 is 2.00 bits per heavy atom. The number of aliphatic hydroxyl groups excluding tert-OH is 1. The number of hydrogen-bond acceptors (Lipinski definition) is 4. The van der Waals surface area contributed by atoms with Gasteiger partial charge in [-0.2, -0.15) is 5.10 Å². The molecule has 0 saturated heterocycles.